The van der Waals surface area contributed by atoms with Gasteiger partial charge in [-0.3, -0.25) is 0 Å². The van der Waals surface area contributed by atoms with Gasteiger partial charge in [0.1, 0.15) is 11.2 Å². The number of nitrogens with zero attached hydrogens (tertiary/aromatic N) is 3. The molecule has 0 N–H and O–H groups in total. The Labute approximate surface area is 319 Å². The van der Waals surface area contributed by atoms with Crippen molar-refractivity contribution in [3.05, 3.63) is 156 Å². The number of allylic oxidation sites excluding steroid dienone is 1. The molecule has 5 aromatic carbocycles. The van der Waals surface area contributed by atoms with E-state index < -0.39 is 0 Å². The van der Waals surface area contributed by atoms with Crippen LogP contribution in [0.15, 0.2) is 139 Å². The Morgan fingerprint density at radius 3 is 2.44 bits per heavy atom. The van der Waals surface area contributed by atoms with Crippen LogP contribution in [-0.2, 0) is 11.8 Å². The van der Waals surface area contributed by atoms with Crippen LogP contribution in [0.5, 0.6) is 0 Å². The molecule has 10 aromatic rings. The van der Waals surface area contributed by atoms with Crippen molar-refractivity contribution < 1.29 is 13.6 Å². The first-order chi connectivity index (χ1) is 26.7. The normalized spacial score (nSPS) is 17.0. The molecule has 0 spiro atoms. The van der Waals surface area contributed by atoms with Crippen molar-refractivity contribution >= 4 is 65.7 Å². The molecule has 264 valence electrons. The van der Waals surface area contributed by atoms with Crippen LogP contribution < -0.4 is 9.13 Å². The number of pyridine rings is 2. The maximum Gasteiger partial charge on any atom is 0.249 e. The molecule has 0 aliphatic carbocycles. The van der Waals surface area contributed by atoms with Gasteiger partial charge in [0.2, 0.25) is 23.1 Å². The molecule has 0 saturated heterocycles. The second-order valence-corrected chi connectivity index (χ2v) is 17.1. The van der Waals surface area contributed by atoms with Crippen LogP contribution in [0.2, 0.25) is 0 Å². The molecule has 0 saturated carbocycles. The molecule has 55 heavy (non-hydrogen) atoms. The lowest BCUT2D eigenvalue weighted by Gasteiger charge is -2.29. The zero-order chi connectivity index (χ0) is 36.9. The minimum atomic E-state index is 0.0152. The van der Waals surface area contributed by atoms with E-state index in [0.29, 0.717) is 0 Å². The lowest BCUT2D eigenvalue weighted by molar-refractivity contribution is -0.727. The summed E-state index contributed by atoms with van der Waals surface area (Å²) in [4.78, 5) is 0. The molecule has 2 unspecified atom stereocenters. The summed E-state index contributed by atoms with van der Waals surface area (Å²) in [5.41, 5.74) is 17.1. The third kappa shape index (κ3) is 4.12. The molecule has 2 atom stereocenters. The summed E-state index contributed by atoms with van der Waals surface area (Å²) in [7, 11) is 0. The van der Waals surface area contributed by atoms with Gasteiger partial charge in [0.15, 0.2) is 12.4 Å². The van der Waals surface area contributed by atoms with Gasteiger partial charge in [-0.15, -0.1) is 0 Å². The van der Waals surface area contributed by atoms with Gasteiger partial charge in [0.05, 0.1) is 28.0 Å². The SMILES string of the molecule is C=C1C2C(CCc3cc4c(cc3-c3ccc(C)c[n+]31)c1c3c(cc5c6ccccc6n4c51)oc1ccc(C(C)(C)C)cc13)c1ccccc1-c1cccc[n+]12. The van der Waals surface area contributed by atoms with Crippen molar-refractivity contribution in [2.24, 2.45) is 0 Å². The summed E-state index contributed by atoms with van der Waals surface area (Å²) in [6.45, 7) is 14.0. The molecule has 0 fully saturated rings. The number of benzene rings is 5. The number of rotatable bonds is 0. The van der Waals surface area contributed by atoms with Crippen molar-refractivity contribution in [2.45, 2.75) is 57.9 Å². The van der Waals surface area contributed by atoms with E-state index in [4.69, 9.17) is 11.0 Å². The predicted molar refractivity (Wildman–Crippen MR) is 225 cm³/mol. The first kappa shape index (κ1) is 31.1. The summed E-state index contributed by atoms with van der Waals surface area (Å²) in [6, 6.07) is 43.3. The summed E-state index contributed by atoms with van der Waals surface area (Å²) in [5.74, 6) is 0.258. The minimum Gasteiger partial charge on any atom is -0.456 e. The molecule has 0 radical (unpaired) electrons. The molecule has 2 aliphatic rings. The largest absolute Gasteiger partial charge is 0.456 e. The van der Waals surface area contributed by atoms with Gasteiger partial charge in [-0.25, -0.2) is 0 Å². The molecule has 4 heteroatoms. The summed E-state index contributed by atoms with van der Waals surface area (Å²) in [5, 5.41) is 7.43. The number of aryl methyl sites for hydroxylation is 2. The minimum absolute atomic E-state index is 0.0152. The van der Waals surface area contributed by atoms with Crippen LogP contribution in [0, 0.1) is 6.92 Å². The zero-order valence-electron chi connectivity index (χ0n) is 31.7. The molecule has 5 aromatic heterocycles. The molecule has 12 rings (SSSR count). The number of aromatic nitrogens is 3. The fourth-order valence-corrected chi connectivity index (χ4v) is 10.4. The quantitative estimate of drug-likeness (QED) is 0.144. The number of hydrogen-bond donors (Lipinski definition) is 0. The van der Waals surface area contributed by atoms with Gasteiger partial charge in [0.25, 0.3) is 0 Å². The van der Waals surface area contributed by atoms with Crippen LogP contribution in [0.1, 0.15) is 61.4 Å². The maximum absolute atomic E-state index is 6.76. The number of furan rings is 1. The van der Waals surface area contributed by atoms with Crippen molar-refractivity contribution in [1.29, 1.82) is 0 Å². The van der Waals surface area contributed by atoms with Crippen molar-refractivity contribution in [1.82, 2.24) is 4.40 Å². The topological polar surface area (TPSA) is 25.3 Å². The average molecular weight is 712 g/mol. The van der Waals surface area contributed by atoms with Gasteiger partial charge in [-0.2, -0.15) is 9.13 Å². The van der Waals surface area contributed by atoms with Crippen LogP contribution >= 0.6 is 0 Å². The summed E-state index contributed by atoms with van der Waals surface area (Å²) in [6.07, 6.45) is 6.50. The highest BCUT2D eigenvalue weighted by Gasteiger charge is 2.46. The van der Waals surface area contributed by atoms with Gasteiger partial charge < -0.3 is 8.82 Å². The van der Waals surface area contributed by atoms with E-state index in [1.54, 1.807) is 0 Å². The Morgan fingerprint density at radius 2 is 1.55 bits per heavy atom. The van der Waals surface area contributed by atoms with E-state index in [-0.39, 0.29) is 17.4 Å². The van der Waals surface area contributed by atoms with E-state index in [0.717, 1.165) is 29.7 Å². The fourth-order valence-electron chi connectivity index (χ4n) is 10.4. The van der Waals surface area contributed by atoms with Crippen molar-refractivity contribution in [2.75, 3.05) is 0 Å². The van der Waals surface area contributed by atoms with E-state index in [9.17, 15) is 0 Å². The molecule has 0 bridgehead atoms. The number of fused-ring (bicyclic) bond motifs is 19. The lowest BCUT2D eigenvalue weighted by Crippen LogP contribution is -2.53. The van der Waals surface area contributed by atoms with E-state index >= 15 is 0 Å². The monoisotopic (exact) mass is 711 g/mol. The average Bonchev–Trinajstić information content (AvgIpc) is 3.85. The molecule has 7 heterocycles. The number of hydrogen-bond acceptors (Lipinski definition) is 1. The van der Waals surface area contributed by atoms with Crippen molar-refractivity contribution in [3.8, 4) is 22.5 Å². The maximum atomic E-state index is 6.76. The summed E-state index contributed by atoms with van der Waals surface area (Å²) < 4.78 is 14.2. The van der Waals surface area contributed by atoms with Crippen molar-refractivity contribution in [3.63, 3.8) is 0 Å². The fraction of sp³-hybridized carbons (Fsp3) is 0.176. The highest BCUT2D eigenvalue weighted by Crippen LogP contribution is 2.49. The molecule has 0 amide bonds. The highest BCUT2D eigenvalue weighted by atomic mass is 16.3. The van der Waals surface area contributed by atoms with Crippen LogP contribution in [-0.4, -0.2) is 4.40 Å². The molecule has 4 nitrogen and oxygen atoms in total. The second kappa shape index (κ2) is 10.7. The lowest BCUT2D eigenvalue weighted by atomic mass is 9.78. The van der Waals surface area contributed by atoms with Gasteiger partial charge in [-0.1, -0.05) is 63.2 Å². The molecular formula is C51H41N3O+2. The number of para-hydroxylation sites is 1. The zero-order valence-corrected chi connectivity index (χ0v) is 31.7. The van der Waals surface area contributed by atoms with Gasteiger partial charge in [-0.05, 0) is 103 Å². The third-order valence-electron chi connectivity index (χ3n) is 12.9. The third-order valence-corrected chi connectivity index (χ3v) is 12.9. The smallest absolute Gasteiger partial charge is 0.249 e. The Morgan fingerprint density at radius 1 is 0.709 bits per heavy atom. The van der Waals surface area contributed by atoms with Crippen LogP contribution in [0.3, 0.4) is 0 Å². The Balaban J connectivity index is 1.21. The van der Waals surface area contributed by atoms with E-state index in [2.05, 4.69) is 169 Å². The van der Waals surface area contributed by atoms with E-state index in [1.165, 1.54) is 93.6 Å². The van der Waals surface area contributed by atoms with E-state index in [1.807, 2.05) is 0 Å². The molecular weight excluding hydrogens is 671 g/mol. The van der Waals surface area contributed by atoms with Gasteiger partial charge >= 0.3 is 0 Å². The first-order valence-electron chi connectivity index (χ1n) is 19.7. The standard InChI is InChI=1S/C51H41N3O/c1-29-17-21-42-37-26-39-44(24-31(37)18-20-36-33-12-6-7-13-34(33)41-15-10-11-23-52(41)49(36)30(2)53(42)28-29)54-43-16-9-8-14-35(43)38-27-46-47(48(39)50(38)54)40-25-32(51(3,4)5)19-22-45(40)55-46/h6-17,19,21-28,36,49H,2,18,20H2,1,3-5H3/q+2. The highest BCUT2D eigenvalue weighted by molar-refractivity contribution is 6.35. The summed E-state index contributed by atoms with van der Waals surface area (Å²) >= 11 is 0. The predicted octanol–water partition coefficient (Wildman–Crippen LogP) is 12.0. The second-order valence-electron chi connectivity index (χ2n) is 17.1. The Hall–Kier alpha value is -6.26. The Bertz CT molecular complexity index is 3300. The van der Waals surface area contributed by atoms with Gasteiger partial charge in [0, 0.05) is 61.6 Å². The van der Waals surface area contributed by atoms with Crippen LogP contribution in [0.25, 0.3) is 88.2 Å². The Kier molecular flexibility index (Phi) is 6.05. The first-order valence-corrected chi connectivity index (χ1v) is 19.7. The van der Waals surface area contributed by atoms with Crippen LogP contribution in [0.4, 0.5) is 0 Å². The molecule has 2 aliphatic heterocycles.